The molecule has 0 aliphatic carbocycles. The summed E-state index contributed by atoms with van der Waals surface area (Å²) in [5.74, 6) is -1.07. The van der Waals surface area contributed by atoms with Crippen molar-refractivity contribution < 1.29 is 14.4 Å². The van der Waals surface area contributed by atoms with Crippen LogP contribution in [-0.4, -0.2) is 22.8 Å². The summed E-state index contributed by atoms with van der Waals surface area (Å²) in [6.07, 6.45) is 2.26. The predicted molar refractivity (Wildman–Crippen MR) is 60.5 cm³/mol. The Bertz CT molecular complexity index is 564. The number of aromatic nitrogens is 1. The molecule has 0 bridgehead atoms. The van der Waals surface area contributed by atoms with Crippen LogP contribution in [0, 0.1) is 5.92 Å². The Morgan fingerprint density at radius 2 is 2.41 bits per heavy atom. The Hall–Kier alpha value is -1.88. The third-order valence-corrected chi connectivity index (χ3v) is 3.27. The van der Waals surface area contributed by atoms with Crippen LogP contribution in [0.15, 0.2) is 28.9 Å². The van der Waals surface area contributed by atoms with Gasteiger partial charge in [-0.2, -0.15) is 0 Å². The molecule has 1 aromatic heterocycles. The van der Waals surface area contributed by atoms with Crippen LogP contribution in [0.5, 0.6) is 0 Å². The molecule has 2 atom stereocenters. The van der Waals surface area contributed by atoms with E-state index in [-0.39, 0.29) is 12.0 Å². The number of nitrogens with one attached hydrogen (secondary N) is 1. The molecule has 1 aliphatic rings. The van der Waals surface area contributed by atoms with E-state index in [0.717, 1.165) is 16.5 Å². The second kappa shape index (κ2) is 3.85. The van der Waals surface area contributed by atoms with Crippen LogP contribution in [0.3, 0.4) is 0 Å². The minimum Gasteiger partial charge on any atom is -0.481 e. The normalized spacial score (nSPS) is 24.2. The van der Waals surface area contributed by atoms with E-state index in [2.05, 4.69) is 10.5 Å². The first kappa shape index (κ1) is 10.3. The molecule has 3 rings (SSSR count). The van der Waals surface area contributed by atoms with Gasteiger partial charge in [0.15, 0.2) is 5.58 Å². The molecular formula is C12H12N2O3. The van der Waals surface area contributed by atoms with E-state index in [1.165, 1.54) is 0 Å². The molecule has 0 spiro atoms. The van der Waals surface area contributed by atoms with Crippen molar-refractivity contribution in [2.24, 2.45) is 5.92 Å². The molecule has 0 saturated carbocycles. The molecule has 1 aromatic carbocycles. The lowest BCUT2D eigenvalue weighted by Crippen LogP contribution is -2.17. The molecule has 0 radical (unpaired) electrons. The van der Waals surface area contributed by atoms with Crippen molar-refractivity contribution in [2.75, 3.05) is 6.54 Å². The van der Waals surface area contributed by atoms with Crippen molar-refractivity contribution in [3.63, 3.8) is 0 Å². The standard InChI is InChI=1S/C12H12N2O3/c15-12(16)8-4-10(13-5-8)9-3-1-2-7-6-14-17-11(7)9/h1-3,6,8,10,13H,4-5H2,(H,15,16). The third-order valence-electron chi connectivity index (χ3n) is 3.27. The van der Waals surface area contributed by atoms with E-state index in [4.69, 9.17) is 9.63 Å². The first-order valence-corrected chi connectivity index (χ1v) is 5.55. The van der Waals surface area contributed by atoms with Crippen molar-refractivity contribution in [1.82, 2.24) is 10.5 Å². The highest BCUT2D eigenvalue weighted by Crippen LogP contribution is 2.31. The highest BCUT2D eigenvalue weighted by atomic mass is 16.5. The van der Waals surface area contributed by atoms with Gasteiger partial charge in [0, 0.05) is 23.5 Å². The van der Waals surface area contributed by atoms with Gasteiger partial charge in [-0.05, 0) is 12.5 Å². The number of rotatable bonds is 2. The summed E-state index contributed by atoms with van der Waals surface area (Å²) >= 11 is 0. The van der Waals surface area contributed by atoms with E-state index in [0.29, 0.717) is 13.0 Å². The zero-order valence-electron chi connectivity index (χ0n) is 9.09. The molecule has 0 amide bonds. The Kier molecular flexibility index (Phi) is 2.33. The van der Waals surface area contributed by atoms with Crippen molar-refractivity contribution in [1.29, 1.82) is 0 Å². The molecule has 2 aromatic rings. The maximum atomic E-state index is 10.9. The minimum absolute atomic E-state index is 0.0350. The van der Waals surface area contributed by atoms with Gasteiger partial charge in [-0.3, -0.25) is 4.79 Å². The smallest absolute Gasteiger partial charge is 0.307 e. The molecule has 2 unspecified atom stereocenters. The second-order valence-corrected chi connectivity index (χ2v) is 4.32. The van der Waals surface area contributed by atoms with Crippen molar-refractivity contribution in [2.45, 2.75) is 12.5 Å². The molecule has 2 heterocycles. The van der Waals surface area contributed by atoms with Gasteiger partial charge in [-0.15, -0.1) is 0 Å². The van der Waals surface area contributed by atoms with E-state index in [9.17, 15) is 4.79 Å². The van der Waals surface area contributed by atoms with Crippen LogP contribution >= 0.6 is 0 Å². The number of nitrogens with zero attached hydrogens (tertiary/aromatic N) is 1. The Morgan fingerprint density at radius 3 is 3.18 bits per heavy atom. The SMILES string of the molecule is O=C(O)C1CNC(c2cccc3cnoc23)C1. The molecule has 1 saturated heterocycles. The highest BCUT2D eigenvalue weighted by molar-refractivity contribution is 5.80. The number of carboxylic acids is 1. The van der Waals surface area contributed by atoms with Gasteiger partial charge < -0.3 is 14.9 Å². The average Bonchev–Trinajstić information content (AvgIpc) is 2.97. The second-order valence-electron chi connectivity index (χ2n) is 4.32. The third kappa shape index (κ3) is 1.68. The number of aliphatic carboxylic acids is 1. The first-order chi connectivity index (χ1) is 8.25. The lowest BCUT2D eigenvalue weighted by atomic mass is 9.99. The number of para-hydroxylation sites is 1. The van der Waals surface area contributed by atoms with Crippen LogP contribution in [0.4, 0.5) is 0 Å². The molecule has 88 valence electrons. The summed E-state index contributed by atoms with van der Waals surface area (Å²) in [6, 6.07) is 5.85. The summed E-state index contributed by atoms with van der Waals surface area (Å²) in [7, 11) is 0. The molecule has 1 aliphatic heterocycles. The Morgan fingerprint density at radius 1 is 1.53 bits per heavy atom. The predicted octanol–water partition coefficient (Wildman–Crippen LogP) is 1.56. The highest BCUT2D eigenvalue weighted by Gasteiger charge is 2.31. The number of carboxylic acid groups (broad SMARTS) is 1. The van der Waals surface area contributed by atoms with E-state index >= 15 is 0 Å². The van der Waals surface area contributed by atoms with Crippen molar-refractivity contribution in [3.8, 4) is 0 Å². The monoisotopic (exact) mass is 232 g/mol. The number of hydrogen-bond acceptors (Lipinski definition) is 4. The van der Waals surface area contributed by atoms with E-state index < -0.39 is 5.97 Å². The first-order valence-electron chi connectivity index (χ1n) is 5.55. The molecular weight excluding hydrogens is 220 g/mol. The molecule has 1 fully saturated rings. The summed E-state index contributed by atoms with van der Waals surface area (Å²) in [5.41, 5.74) is 1.74. The Labute approximate surface area is 97.4 Å². The summed E-state index contributed by atoms with van der Waals surface area (Å²) < 4.78 is 5.22. The molecule has 17 heavy (non-hydrogen) atoms. The number of benzene rings is 1. The lowest BCUT2D eigenvalue weighted by molar-refractivity contribution is -0.141. The zero-order valence-corrected chi connectivity index (χ0v) is 9.09. The largest absolute Gasteiger partial charge is 0.481 e. The van der Waals surface area contributed by atoms with Crippen LogP contribution in [0.1, 0.15) is 18.0 Å². The summed E-state index contributed by atoms with van der Waals surface area (Å²) in [4.78, 5) is 10.9. The number of hydrogen-bond donors (Lipinski definition) is 2. The molecule has 2 N–H and O–H groups in total. The van der Waals surface area contributed by atoms with Gasteiger partial charge in [0.25, 0.3) is 0 Å². The summed E-state index contributed by atoms with van der Waals surface area (Å²) in [6.45, 7) is 0.504. The van der Waals surface area contributed by atoms with Gasteiger partial charge in [0.1, 0.15) is 0 Å². The van der Waals surface area contributed by atoms with Crippen LogP contribution in [0.2, 0.25) is 0 Å². The fraction of sp³-hybridized carbons (Fsp3) is 0.333. The van der Waals surface area contributed by atoms with Gasteiger partial charge in [0.2, 0.25) is 0 Å². The maximum absolute atomic E-state index is 10.9. The quantitative estimate of drug-likeness (QED) is 0.821. The fourth-order valence-corrected chi connectivity index (χ4v) is 2.35. The van der Waals surface area contributed by atoms with Crippen molar-refractivity contribution in [3.05, 3.63) is 30.0 Å². The maximum Gasteiger partial charge on any atom is 0.307 e. The lowest BCUT2D eigenvalue weighted by Gasteiger charge is -2.10. The van der Waals surface area contributed by atoms with E-state index in [1.807, 2.05) is 18.2 Å². The van der Waals surface area contributed by atoms with Gasteiger partial charge in [0.05, 0.1) is 12.1 Å². The van der Waals surface area contributed by atoms with Crippen molar-refractivity contribution >= 4 is 16.9 Å². The van der Waals surface area contributed by atoms with E-state index in [1.54, 1.807) is 6.20 Å². The topological polar surface area (TPSA) is 75.4 Å². The van der Waals surface area contributed by atoms with Crippen LogP contribution < -0.4 is 5.32 Å². The molecule has 5 nitrogen and oxygen atoms in total. The average molecular weight is 232 g/mol. The van der Waals surface area contributed by atoms with Gasteiger partial charge in [-0.25, -0.2) is 0 Å². The zero-order chi connectivity index (χ0) is 11.8. The van der Waals surface area contributed by atoms with Crippen LogP contribution in [0.25, 0.3) is 11.0 Å². The van der Waals surface area contributed by atoms with Gasteiger partial charge >= 0.3 is 5.97 Å². The minimum atomic E-state index is -0.746. The number of fused-ring (bicyclic) bond motifs is 1. The van der Waals surface area contributed by atoms with Crippen LogP contribution in [-0.2, 0) is 4.79 Å². The van der Waals surface area contributed by atoms with Gasteiger partial charge in [-0.1, -0.05) is 17.3 Å². The summed E-state index contributed by atoms with van der Waals surface area (Å²) in [5, 5.41) is 16.9. The fourth-order valence-electron chi connectivity index (χ4n) is 2.35. The number of carbonyl (C=O) groups is 1. The Balaban J connectivity index is 1.95. The molecule has 5 heteroatoms.